The zero-order valence-corrected chi connectivity index (χ0v) is 14.7. The second kappa shape index (κ2) is 7.69. The van der Waals surface area contributed by atoms with Crippen LogP contribution in [0.2, 0.25) is 0 Å². The van der Waals surface area contributed by atoms with Crippen LogP contribution in [-0.2, 0) is 6.42 Å². The van der Waals surface area contributed by atoms with Gasteiger partial charge in [0, 0.05) is 12.2 Å². The zero-order chi connectivity index (χ0) is 16.9. The Hall–Kier alpha value is -2.04. The molecule has 1 N–H and O–H groups in total. The second-order valence-corrected chi connectivity index (χ2v) is 6.42. The van der Waals surface area contributed by atoms with Crippen molar-refractivity contribution in [3.8, 4) is 5.75 Å². The smallest absolute Gasteiger partial charge is 0.270 e. The highest BCUT2D eigenvalue weighted by molar-refractivity contribution is 5.95. The van der Waals surface area contributed by atoms with Gasteiger partial charge in [-0.1, -0.05) is 32.6 Å². The summed E-state index contributed by atoms with van der Waals surface area (Å²) in [5.41, 5.74) is 2.20. The van der Waals surface area contributed by atoms with E-state index in [0.717, 1.165) is 36.4 Å². The Balaban J connectivity index is 1.92. The molecular formula is C19H27N3O2. The van der Waals surface area contributed by atoms with Crippen molar-refractivity contribution in [3.05, 3.63) is 29.7 Å². The van der Waals surface area contributed by atoms with Gasteiger partial charge in [0.05, 0.1) is 12.3 Å². The number of nitrogens with zero attached hydrogens (tertiary/aromatic N) is 2. The number of hydrogen-bond acceptors (Lipinski definition) is 3. The van der Waals surface area contributed by atoms with Crippen LogP contribution in [0.5, 0.6) is 5.75 Å². The van der Waals surface area contributed by atoms with E-state index in [1.165, 1.54) is 25.7 Å². The first-order chi connectivity index (χ1) is 11.7. The van der Waals surface area contributed by atoms with E-state index in [1.807, 2.05) is 36.6 Å². The number of fused-ring (bicyclic) bond motifs is 1. The van der Waals surface area contributed by atoms with E-state index in [4.69, 9.17) is 4.74 Å². The van der Waals surface area contributed by atoms with E-state index in [1.54, 1.807) is 0 Å². The lowest BCUT2D eigenvalue weighted by atomic mass is 10.1. The van der Waals surface area contributed by atoms with Gasteiger partial charge in [-0.15, -0.1) is 0 Å². The van der Waals surface area contributed by atoms with Crippen LogP contribution in [0.4, 0.5) is 0 Å². The molecule has 0 radical (unpaired) electrons. The Bertz CT molecular complexity index is 700. The number of carbonyl (C=O) groups excluding carboxylic acids is 1. The Morgan fingerprint density at radius 2 is 2.04 bits per heavy atom. The molecule has 0 aromatic carbocycles. The number of pyridine rings is 1. The van der Waals surface area contributed by atoms with Crippen LogP contribution in [0.15, 0.2) is 18.3 Å². The largest absolute Gasteiger partial charge is 0.490 e. The summed E-state index contributed by atoms with van der Waals surface area (Å²) in [4.78, 5) is 17.6. The first-order valence-corrected chi connectivity index (χ1v) is 9.18. The number of nitrogens with one attached hydrogen (secondary N) is 1. The van der Waals surface area contributed by atoms with E-state index < -0.39 is 0 Å². The van der Waals surface area contributed by atoms with Gasteiger partial charge in [0.2, 0.25) is 0 Å². The molecule has 1 amide bonds. The minimum atomic E-state index is -0.0140. The Morgan fingerprint density at radius 1 is 1.29 bits per heavy atom. The van der Waals surface area contributed by atoms with Crippen LogP contribution in [0.25, 0.3) is 5.65 Å². The summed E-state index contributed by atoms with van der Waals surface area (Å²) in [7, 11) is 0. The quantitative estimate of drug-likeness (QED) is 0.850. The summed E-state index contributed by atoms with van der Waals surface area (Å²) in [6.07, 6.45) is 9.73. The first kappa shape index (κ1) is 16.8. The van der Waals surface area contributed by atoms with Crippen LogP contribution in [0, 0.1) is 0 Å². The summed E-state index contributed by atoms with van der Waals surface area (Å²) in [5.74, 6) is 0.711. The highest BCUT2D eigenvalue weighted by Crippen LogP contribution is 2.23. The van der Waals surface area contributed by atoms with Gasteiger partial charge in [0.15, 0.2) is 11.4 Å². The molecule has 5 nitrogen and oxygen atoms in total. The second-order valence-electron chi connectivity index (χ2n) is 6.42. The minimum absolute atomic E-state index is 0.0140. The summed E-state index contributed by atoms with van der Waals surface area (Å²) >= 11 is 0. The van der Waals surface area contributed by atoms with E-state index in [9.17, 15) is 4.79 Å². The molecule has 1 aliphatic rings. The van der Waals surface area contributed by atoms with Gasteiger partial charge < -0.3 is 10.1 Å². The number of aryl methyl sites for hydroxylation is 1. The SMILES string of the molecule is CCOc1cccn2c(C(=O)NC3CCCCCC3)c(CC)nc12. The average molecular weight is 329 g/mol. The third-order valence-electron chi connectivity index (χ3n) is 4.73. The zero-order valence-electron chi connectivity index (χ0n) is 14.7. The summed E-state index contributed by atoms with van der Waals surface area (Å²) in [6.45, 7) is 4.56. The van der Waals surface area contributed by atoms with Gasteiger partial charge in [0.25, 0.3) is 5.91 Å². The number of amides is 1. The van der Waals surface area contributed by atoms with E-state index in [2.05, 4.69) is 10.3 Å². The molecule has 0 saturated heterocycles. The number of ether oxygens (including phenoxy) is 1. The fourth-order valence-corrected chi connectivity index (χ4v) is 3.52. The van der Waals surface area contributed by atoms with Gasteiger partial charge >= 0.3 is 0 Å². The predicted octanol–water partition coefficient (Wildman–Crippen LogP) is 3.75. The molecule has 24 heavy (non-hydrogen) atoms. The first-order valence-electron chi connectivity index (χ1n) is 9.18. The molecule has 2 aromatic heterocycles. The van der Waals surface area contributed by atoms with Crippen molar-refractivity contribution in [2.24, 2.45) is 0 Å². The summed E-state index contributed by atoms with van der Waals surface area (Å²) in [6, 6.07) is 4.09. The topological polar surface area (TPSA) is 55.6 Å². The van der Waals surface area contributed by atoms with Gasteiger partial charge in [-0.2, -0.15) is 0 Å². The Kier molecular flexibility index (Phi) is 5.38. The molecule has 0 aliphatic heterocycles. The molecule has 1 aliphatic carbocycles. The van der Waals surface area contributed by atoms with Crippen molar-refractivity contribution in [1.29, 1.82) is 0 Å². The maximum atomic E-state index is 12.9. The number of rotatable bonds is 5. The van der Waals surface area contributed by atoms with Gasteiger partial charge in [-0.3, -0.25) is 9.20 Å². The summed E-state index contributed by atoms with van der Waals surface area (Å²) < 4.78 is 7.53. The number of hydrogen-bond donors (Lipinski definition) is 1. The van der Waals surface area contributed by atoms with Crippen molar-refractivity contribution >= 4 is 11.6 Å². The predicted molar refractivity (Wildman–Crippen MR) is 94.7 cm³/mol. The van der Waals surface area contributed by atoms with Gasteiger partial charge in [0.1, 0.15) is 5.69 Å². The molecule has 1 fully saturated rings. The molecule has 130 valence electrons. The fraction of sp³-hybridized carbons (Fsp3) is 0.579. The van der Waals surface area contributed by atoms with Crippen LogP contribution in [0.3, 0.4) is 0 Å². The average Bonchev–Trinajstić information content (AvgIpc) is 2.78. The molecule has 5 heteroatoms. The van der Waals surface area contributed by atoms with Crippen molar-refractivity contribution in [2.75, 3.05) is 6.61 Å². The molecule has 2 aromatic rings. The van der Waals surface area contributed by atoms with Gasteiger partial charge in [-0.25, -0.2) is 4.98 Å². The molecule has 2 heterocycles. The molecule has 3 rings (SSSR count). The minimum Gasteiger partial charge on any atom is -0.490 e. The highest BCUT2D eigenvalue weighted by Gasteiger charge is 2.23. The van der Waals surface area contributed by atoms with Crippen LogP contribution < -0.4 is 10.1 Å². The standard InChI is InChI=1S/C19H27N3O2/c1-3-15-17(19(23)20-14-10-7-5-6-8-11-14)22-13-9-12-16(24-4-2)18(22)21-15/h9,12-14H,3-8,10-11H2,1-2H3,(H,20,23). The maximum Gasteiger partial charge on any atom is 0.270 e. The number of carbonyl (C=O) groups is 1. The highest BCUT2D eigenvalue weighted by atomic mass is 16.5. The Morgan fingerprint density at radius 3 is 2.71 bits per heavy atom. The third-order valence-corrected chi connectivity index (χ3v) is 4.73. The van der Waals surface area contributed by atoms with Gasteiger partial charge in [-0.05, 0) is 38.3 Å². The van der Waals surface area contributed by atoms with Crippen molar-refractivity contribution < 1.29 is 9.53 Å². The normalized spacial score (nSPS) is 16.1. The molecular weight excluding hydrogens is 302 g/mol. The lowest BCUT2D eigenvalue weighted by molar-refractivity contribution is 0.0926. The van der Waals surface area contributed by atoms with Crippen molar-refractivity contribution in [3.63, 3.8) is 0 Å². The molecule has 0 unspecified atom stereocenters. The fourth-order valence-electron chi connectivity index (χ4n) is 3.52. The van der Waals surface area contributed by atoms with E-state index in [-0.39, 0.29) is 11.9 Å². The molecule has 0 spiro atoms. The third kappa shape index (κ3) is 3.40. The van der Waals surface area contributed by atoms with Crippen LogP contribution in [0.1, 0.15) is 68.6 Å². The number of imidazole rings is 1. The number of aromatic nitrogens is 2. The van der Waals surface area contributed by atoms with E-state index >= 15 is 0 Å². The molecule has 1 saturated carbocycles. The maximum absolute atomic E-state index is 12.9. The van der Waals surface area contributed by atoms with Crippen LogP contribution in [-0.4, -0.2) is 27.9 Å². The lowest BCUT2D eigenvalue weighted by Gasteiger charge is -2.16. The van der Waals surface area contributed by atoms with Crippen LogP contribution >= 0.6 is 0 Å². The summed E-state index contributed by atoms with van der Waals surface area (Å²) in [5, 5.41) is 3.24. The molecule has 0 bridgehead atoms. The van der Waals surface area contributed by atoms with Crippen molar-refractivity contribution in [2.45, 2.75) is 64.8 Å². The van der Waals surface area contributed by atoms with E-state index in [0.29, 0.717) is 12.3 Å². The van der Waals surface area contributed by atoms with Crippen molar-refractivity contribution in [1.82, 2.24) is 14.7 Å². The lowest BCUT2D eigenvalue weighted by Crippen LogP contribution is -2.35. The monoisotopic (exact) mass is 329 g/mol. The Labute approximate surface area is 143 Å². The molecule has 0 atom stereocenters.